The van der Waals surface area contributed by atoms with E-state index in [0.29, 0.717) is 25.3 Å². The van der Waals surface area contributed by atoms with E-state index in [0.717, 1.165) is 24.8 Å². The second kappa shape index (κ2) is 9.06. The van der Waals surface area contributed by atoms with Crippen LogP contribution in [0.2, 0.25) is 0 Å². The molecule has 0 aromatic heterocycles. The molecular formula is C18H31NO4. The molecule has 0 spiro atoms. The minimum atomic E-state index is -0.960. The number of nitrogens with zero attached hydrogens (tertiary/aromatic N) is 1. The van der Waals surface area contributed by atoms with Crippen molar-refractivity contribution in [3.05, 3.63) is 11.6 Å². The van der Waals surface area contributed by atoms with Crippen LogP contribution in [0.15, 0.2) is 11.6 Å². The van der Waals surface area contributed by atoms with Crippen molar-refractivity contribution in [3.63, 3.8) is 0 Å². The Kier molecular flexibility index (Phi) is 7.76. The number of likely N-dealkylation sites (tertiary alicyclic amines) is 1. The number of hydrogen-bond donors (Lipinski definition) is 2. The number of amides is 1. The molecule has 1 rings (SSSR count). The summed E-state index contributed by atoms with van der Waals surface area (Å²) >= 11 is 0. The van der Waals surface area contributed by atoms with Crippen LogP contribution in [0, 0.1) is 11.8 Å². The van der Waals surface area contributed by atoms with Crippen molar-refractivity contribution >= 4 is 11.9 Å². The van der Waals surface area contributed by atoms with Crippen LogP contribution >= 0.6 is 0 Å². The monoisotopic (exact) mass is 325 g/mol. The zero-order valence-electron chi connectivity index (χ0n) is 14.8. The van der Waals surface area contributed by atoms with Gasteiger partial charge in [-0.1, -0.05) is 39.7 Å². The van der Waals surface area contributed by atoms with Crippen molar-refractivity contribution in [1.29, 1.82) is 0 Å². The van der Waals surface area contributed by atoms with E-state index in [2.05, 4.69) is 13.8 Å². The van der Waals surface area contributed by atoms with Crippen molar-refractivity contribution < 1.29 is 19.8 Å². The number of allylic oxidation sites excluding steroid dienone is 1. The van der Waals surface area contributed by atoms with E-state index in [1.165, 1.54) is 4.90 Å². The van der Waals surface area contributed by atoms with Gasteiger partial charge in [0.1, 0.15) is 6.04 Å². The Morgan fingerprint density at radius 3 is 2.57 bits per heavy atom. The molecule has 0 radical (unpaired) electrons. The molecule has 0 bridgehead atoms. The zero-order chi connectivity index (χ0) is 17.6. The summed E-state index contributed by atoms with van der Waals surface area (Å²) in [6.45, 7) is 8.24. The lowest BCUT2D eigenvalue weighted by atomic mass is 9.93. The first-order valence-corrected chi connectivity index (χ1v) is 8.69. The Morgan fingerprint density at radius 1 is 1.35 bits per heavy atom. The van der Waals surface area contributed by atoms with E-state index in [4.69, 9.17) is 0 Å². The van der Waals surface area contributed by atoms with Gasteiger partial charge in [0.2, 0.25) is 5.91 Å². The summed E-state index contributed by atoms with van der Waals surface area (Å²) in [4.78, 5) is 25.2. The van der Waals surface area contributed by atoms with E-state index in [-0.39, 0.29) is 5.91 Å². The summed E-state index contributed by atoms with van der Waals surface area (Å²) in [5.41, 5.74) is 0.792. The molecule has 1 fully saturated rings. The molecule has 4 atom stereocenters. The standard InChI is InChI=1S/C18H31NO4/c1-5-6-8-12(2)11-13(3)16(20)14(4)17(21)19-10-7-9-15(19)18(22)23/h11-12,14-16,20H,5-10H2,1-4H3,(H,22,23)/b13-11+/t12-,14+,15+,16+/m1/s1. The largest absolute Gasteiger partial charge is 0.480 e. The van der Waals surface area contributed by atoms with Crippen molar-refractivity contribution in [2.24, 2.45) is 11.8 Å². The highest BCUT2D eigenvalue weighted by atomic mass is 16.4. The number of unbranched alkanes of at least 4 members (excludes halogenated alkanes) is 1. The first-order chi connectivity index (χ1) is 10.8. The van der Waals surface area contributed by atoms with Crippen LogP contribution in [0.1, 0.15) is 59.8 Å². The molecule has 1 aliphatic heterocycles. The zero-order valence-corrected chi connectivity index (χ0v) is 14.8. The third-order valence-electron chi connectivity index (χ3n) is 4.71. The number of aliphatic hydroxyl groups is 1. The molecule has 5 nitrogen and oxygen atoms in total. The Bertz CT molecular complexity index is 446. The van der Waals surface area contributed by atoms with E-state index in [9.17, 15) is 19.8 Å². The van der Waals surface area contributed by atoms with Crippen molar-refractivity contribution in [3.8, 4) is 0 Å². The quantitative estimate of drug-likeness (QED) is 0.673. The fraction of sp³-hybridized carbons (Fsp3) is 0.778. The fourth-order valence-corrected chi connectivity index (χ4v) is 3.23. The van der Waals surface area contributed by atoms with Crippen LogP contribution in [0.3, 0.4) is 0 Å². The Labute approximate surface area is 139 Å². The van der Waals surface area contributed by atoms with Gasteiger partial charge in [-0.25, -0.2) is 4.79 Å². The summed E-state index contributed by atoms with van der Waals surface area (Å²) in [6, 6.07) is -0.745. The molecule has 0 unspecified atom stereocenters. The topological polar surface area (TPSA) is 77.8 Å². The third kappa shape index (κ3) is 5.34. The van der Waals surface area contributed by atoms with Gasteiger partial charge in [0.15, 0.2) is 0 Å². The second-order valence-electron chi connectivity index (χ2n) is 6.79. The molecule has 1 heterocycles. The molecule has 0 saturated carbocycles. The number of carbonyl (C=O) groups excluding carboxylic acids is 1. The second-order valence-corrected chi connectivity index (χ2v) is 6.79. The molecule has 2 N–H and O–H groups in total. The van der Waals surface area contributed by atoms with E-state index >= 15 is 0 Å². The first-order valence-electron chi connectivity index (χ1n) is 8.69. The number of carboxylic acids is 1. The number of hydrogen-bond acceptors (Lipinski definition) is 3. The predicted molar refractivity (Wildman–Crippen MR) is 90.0 cm³/mol. The van der Waals surface area contributed by atoms with Crippen LogP contribution in [-0.2, 0) is 9.59 Å². The smallest absolute Gasteiger partial charge is 0.326 e. The SMILES string of the molecule is CCCC[C@@H](C)/C=C(\C)[C@H](O)[C@H](C)C(=O)N1CCC[C@H]1C(=O)O. The lowest BCUT2D eigenvalue weighted by molar-refractivity contribution is -0.150. The van der Waals surface area contributed by atoms with Crippen LogP contribution in [0.5, 0.6) is 0 Å². The molecule has 1 saturated heterocycles. The maximum Gasteiger partial charge on any atom is 0.326 e. The number of carboxylic acid groups (broad SMARTS) is 1. The normalized spacial score (nSPS) is 22.7. The average Bonchev–Trinajstić information content (AvgIpc) is 3.00. The molecule has 1 amide bonds. The number of rotatable bonds is 8. The summed E-state index contributed by atoms with van der Waals surface area (Å²) < 4.78 is 0. The lowest BCUT2D eigenvalue weighted by Gasteiger charge is -2.28. The maximum absolute atomic E-state index is 12.5. The molecule has 0 aromatic carbocycles. The molecule has 132 valence electrons. The first kappa shape index (κ1) is 19.7. The van der Waals surface area contributed by atoms with Gasteiger partial charge in [0.05, 0.1) is 12.0 Å². The predicted octanol–water partition coefficient (Wildman–Crippen LogP) is 2.83. The molecule has 0 aliphatic carbocycles. The van der Waals surface area contributed by atoms with Crippen molar-refractivity contribution in [2.75, 3.05) is 6.54 Å². The lowest BCUT2D eigenvalue weighted by Crippen LogP contribution is -2.45. The number of carbonyl (C=O) groups is 2. The number of aliphatic carboxylic acids is 1. The maximum atomic E-state index is 12.5. The highest BCUT2D eigenvalue weighted by Gasteiger charge is 2.37. The van der Waals surface area contributed by atoms with Crippen molar-refractivity contribution in [1.82, 2.24) is 4.90 Å². The van der Waals surface area contributed by atoms with Crippen LogP contribution in [0.25, 0.3) is 0 Å². The van der Waals surface area contributed by atoms with Crippen LogP contribution in [-0.4, -0.2) is 45.7 Å². The van der Waals surface area contributed by atoms with E-state index in [1.54, 1.807) is 6.92 Å². The Hall–Kier alpha value is -1.36. The molecule has 23 heavy (non-hydrogen) atoms. The summed E-state index contributed by atoms with van der Waals surface area (Å²) in [7, 11) is 0. The van der Waals surface area contributed by atoms with Gasteiger partial charge in [-0.3, -0.25) is 4.79 Å². The Balaban J connectivity index is 2.71. The van der Waals surface area contributed by atoms with Gasteiger partial charge >= 0.3 is 5.97 Å². The Morgan fingerprint density at radius 2 is 2.00 bits per heavy atom. The van der Waals surface area contributed by atoms with E-state index < -0.39 is 24.0 Å². The molecular weight excluding hydrogens is 294 g/mol. The molecule has 1 aliphatic rings. The summed E-state index contributed by atoms with van der Waals surface area (Å²) in [5.74, 6) is -1.48. The highest BCUT2D eigenvalue weighted by molar-refractivity contribution is 5.86. The third-order valence-corrected chi connectivity index (χ3v) is 4.71. The van der Waals surface area contributed by atoms with Gasteiger partial charge < -0.3 is 15.1 Å². The summed E-state index contributed by atoms with van der Waals surface area (Å²) in [6.07, 6.45) is 5.71. The highest BCUT2D eigenvalue weighted by Crippen LogP contribution is 2.24. The van der Waals surface area contributed by atoms with Gasteiger partial charge in [-0.05, 0) is 37.7 Å². The van der Waals surface area contributed by atoms with E-state index in [1.807, 2.05) is 13.0 Å². The van der Waals surface area contributed by atoms with Gasteiger partial charge in [0, 0.05) is 6.54 Å². The van der Waals surface area contributed by atoms with Gasteiger partial charge in [-0.2, -0.15) is 0 Å². The minimum absolute atomic E-state index is 0.267. The van der Waals surface area contributed by atoms with Gasteiger partial charge in [0.25, 0.3) is 0 Å². The molecule has 0 aromatic rings. The molecule has 5 heteroatoms. The van der Waals surface area contributed by atoms with Crippen LogP contribution in [0.4, 0.5) is 0 Å². The van der Waals surface area contributed by atoms with Gasteiger partial charge in [-0.15, -0.1) is 0 Å². The minimum Gasteiger partial charge on any atom is -0.480 e. The summed E-state index contributed by atoms with van der Waals surface area (Å²) in [5, 5.41) is 19.6. The van der Waals surface area contributed by atoms with Crippen LogP contribution < -0.4 is 0 Å². The average molecular weight is 325 g/mol. The fourth-order valence-electron chi connectivity index (χ4n) is 3.23. The van der Waals surface area contributed by atoms with Crippen molar-refractivity contribution in [2.45, 2.75) is 71.9 Å². The number of aliphatic hydroxyl groups excluding tert-OH is 1.